The van der Waals surface area contributed by atoms with Gasteiger partial charge in [0.25, 0.3) is 0 Å². The standard InChI is InChI=1S/C27H34FNO2/c1-31-26-10-5-22(6-11-26)20-29-16-14-27(15-17-29)13-12-23(19-27)18-25(30)9-4-21-2-7-24(28)8-3-21/h2-3,5-8,10-11,23H,4,9,12-20H2,1H3. The van der Waals surface area contributed by atoms with Crippen molar-refractivity contribution in [2.24, 2.45) is 11.3 Å². The summed E-state index contributed by atoms with van der Waals surface area (Å²) >= 11 is 0. The minimum Gasteiger partial charge on any atom is -0.497 e. The summed E-state index contributed by atoms with van der Waals surface area (Å²) in [5.41, 5.74) is 2.84. The van der Waals surface area contributed by atoms with Gasteiger partial charge in [0.05, 0.1) is 7.11 Å². The first-order valence-corrected chi connectivity index (χ1v) is 11.7. The lowest BCUT2D eigenvalue weighted by molar-refractivity contribution is -0.120. The molecule has 1 aliphatic heterocycles. The van der Waals surface area contributed by atoms with Crippen molar-refractivity contribution in [1.29, 1.82) is 0 Å². The van der Waals surface area contributed by atoms with E-state index in [2.05, 4.69) is 17.0 Å². The van der Waals surface area contributed by atoms with Crippen LogP contribution < -0.4 is 4.74 Å². The fourth-order valence-corrected chi connectivity index (χ4v) is 5.49. The topological polar surface area (TPSA) is 29.5 Å². The summed E-state index contributed by atoms with van der Waals surface area (Å²) < 4.78 is 18.3. The van der Waals surface area contributed by atoms with Gasteiger partial charge >= 0.3 is 0 Å². The Morgan fingerprint density at radius 1 is 1.03 bits per heavy atom. The van der Waals surface area contributed by atoms with Crippen LogP contribution in [0.1, 0.15) is 56.1 Å². The minimum atomic E-state index is -0.221. The second kappa shape index (κ2) is 9.95. The van der Waals surface area contributed by atoms with Crippen LogP contribution in [0, 0.1) is 17.2 Å². The van der Waals surface area contributed by atoms with Crippen LogP contribution in [0.3, 0.4) is 0 Å². The third-order valence-electron chi connectivity index (χ3n) is 7.41. The predicted molar refractivity (Wildman–Crippen MR) is 122 cm³/mol. The molecule has 31 heavy (non-hydrogen) atoms. The van der Waals surface area contributed by atoms with Gasteiger partial charge in [0.15, 0.2) is 0 Å². The van der Waals surface area contributed by atoms with Gasteiger partial charge in [0.2, 0.25) is 0 Å². The number of benzene rings is 2. The van der Waals surface area contributed by atoms with Gasteiger partial charge in [0.1, 0.15) is 17.3 Å². The van der Waals surface area contributed by atoms with Crippen molar-refractivity contribution >= 4 is 5.78 Å². The van der Waals surface area contributed by atoms with E-state index in [-0.39, 0.29) is 5.82 Å². The van der Waals surface area contributed by atoms with E-state index in [0.717, 1.165) is 43.8 Å². The number of likely N-dealkylation sites (tertiary alicyclic amines) is 1. The molecule has 2 fully saturated rings. The molecule has 1 heterocycles. The van der Waals surface area contributed by atoms with Crippen molar-refractivity contribution in [3.05, 3.63) is 65.5 Å². The lowest BCUT2D eigenvalue weighted by atomic mass is 9.76. The summed E-state index contributed by atoms with van der Waals surface area (Å²) in [4.78, 5) is 15.1. The molecule has 166 valence electrons. The van der Waals surface area contributed by atoms with Gasteiger partial charge in [0, 0.05) is 19.4 Å². The van der Waals surface area contributed by atoms with Crippen molar-refractivity contribution in [1.82, 2.24) is 4.90 Å². The van der Waals surface area contributed by atoms with E-state index in [1.165, 1.54) is 49.8 Å². The molecule has 0 radical (unpaired) electrons. The highest BCUT2D eigenvalue weighted by atomic mass is 19.1. The molecular weight excluding hydrogens is 389 g/mol. The number of carbonyl (C=O) groups is 1. The van der Waals surface area contributed by atoms with E-state index < -0.39 is 0 Å². The maximum atomic E-state index is 13.0. The number of rotatable bonds is 8. The lowest BCUT2D eigenvalue weighted by Gasteiger charge is -2.39. The number of Topliss-reactive ketones (excluding diaryl/α,β-unsaturated/α-hetero) is 1. The molecule has 4 heteroatoms. The van der Waals surface area contributed by atoms with Crippen LogP contribution in [0.2, 0.25) is 0 Å². The first-order valence-electron chi connectivity index (χ1n) is 11.7. The summed E-state index contributed by atoms with van der Waals surface area (Å²) in [6, 6.07) is 14.9. The van der Waals surface area contributed by atoms with E-state index in [1.54, 1.807) is 19.2 Å². The minimum absolute atomic E-state index is 0.221. The van der Waals surface area contributed by atoms with Crippen LogP contribution in [0.4, 0.5) is 4.39 Å². The van der Waals surface area contributed by atoms with Gasteiger partial charge in [-0.2, -0.15) is 0 Å². The first kappa shape index (κ1) is 22.0. The van der Waals surface area contributed by atoms with Gasteiger partial charge in [-0.15, -0.1) is 0 Å². The Kier molecular flexibility index (Phi) is 7.06. The lowest BCUT2D eigenvalue weighted by Crippen LogP contribution is -2.38. The maximum Gasteiger partial charge on any atom is 0.133 e. The molecule has 1 atom stereocenters. The number of piperidine rings is 1. The zero-order chi connectivity index (χ0) is 21.7. The molecule has 0 bridgehead atoms. The quantitative estimate of drug-likeness (QED) is 0.537. The van der Waals surface area contributed by atoms with Gasteiger partial charge in [-0.3, -0.25) is 9.69 Å². The molecule has 2 aliphatic rings. The number of ether oxygens (including phenoxy) is 1. The Morgan fingerprint density at radius 3 is 2.39 bits per heavy atom. The van der Waals surface area contributed by atoms with Crippen LogP contribution in [-0.4, -0.2) is 30.9 Å². The molecule has 1 spiro atoms. The molecular formula is C27H34FNO2. The highest BCUT2D eigenvalue weighted by molar-refractivity contribution is 5.78. The molecule has 1 saturated carbocycles. The number of hydrogen-bond donors (Lipinski definition) is 0. The predicted octanol–water partition coefficient (Wildman–Crippen LogP) is 5.81. The third-order valence-corrected chi connectivity index (χ3v) is 7.41. The second-order valence-corrected chi connectivity index (χ2v) is 9.60. The van der Waals surface area contributed by atoms with Gasteiger partial charge < -0.3 is 4.74 Å². The zero-order valence-corrected chi connectivity index (χ0v) is 18.6. The Morgan fingerprint density at radius 2 is 1.71 bits per heavy atom. The monoisotopic (exact) mass is 423 g/mol. The van der Waals surface area contributed by atoms with Gasteiger partial charge in [-0.25, -0.2) is 4.39 Å². The number of halogens is 1. The largest absolute Gasteiger partial charge is 0.497 e. The molecule has 0 aromatic heterocycles. The number of hydrogen-bond acceptors (Lipinski definition) is 3. The fraction of sp³-hybridized carbons (Fsp3) is 0.519. The Labute approximate surface area is 185 Å². The van der Waals surface area contributed by atoms with Crippen molar-refractivity contribution < 1.29 is 13.9 Å². The molecule has 1 unspecified atom stereocenters. The average Bonchev–Trinajstić information content (AvgIpc) is 3.17. The zero-order valence-electron chi connectivity index (χ0n) is 18.6. The van der Waals surface area contributed by atoms with Gasteiger partial charge in [-0.1, -0.05) is 24.3 Å². The third kappa shape index (κ3) is 5.94. The van der Waals surface area contributed by atoms with E-state index in [0.29, 0.717) is 23.5 Å². The summed E-state index contributed by atoms with van der Waals surface area (Å²) in [6.07, 6.45) is 8.21. The maximum absolute atomic E-state index is 13.0. The molecule has 4 rings (SSSR count). The Hall–Kier alpha value is -2.20. The van der Waals surface area contributed by atoms with Crippen LogP contribution in [-0.2, 0) is 17.8 Å². The van der Waals surface area contributed by atoms with Gasteiger partial charge in [-0.05, 0) is 98.3 Å². The number of aryl methyl sites for hydroxylation is 1. The molecule has 2 aromatic carbocycles. The fourth-order valence-electron chi connectivity index (χ4n) is 5.49. The van der Waals surface area contributed by atoms with E-state index in [1.807, 2.05) is 12.1 Å². The van der Waals surface area contributed by atoms with E-state index in [9.17, 15) is 9.18 Å². The number of nitrogens with zero attached hydrogens (tertiary/aromatic N) is 1. The molecule has 0 N–H and O–H groups in total. The van der Waals surface area contributed by atoms with Crippen LogP contribution in [0.25, 0.3) is 0 Å². The van der Waals surface area contributed by atoms with Crippen molar-refractivity contribution in [3.8, 4) is 5.75 Å². The smallest absolute Gasteiger partial charge is 0.133 e. The first-order chi connectivity index (χ1) is 15.0. The molecule has 1 saturated heterocycles. The number of carbonyl (C=O) groups excluding carboxylic acids is 1. The highest BCUT2D eigenvalue weighted by Crippen LogP contribution is 2.50. The highest BCUT2D eigenvalue weighted by Gasteiger charge is 2.41. The second-order valence-electron chi connectivity index (χ2n) is 9.60. The number of methoxy groups -OCH3 is 1. The normalized spacial score (nSPS) is 20.8. The number of ketones is 1. The summed E-state index contributed by atoms with van der Waals surface area (Å²) in [5.74, 6) is 1.60. The van der Waals surface area contributed by atoms with Crippen molar-refractivity contribution in [2.45, 2.75) is 57.9 Å². The van der Waals surface area contributed by atoms with E-state index in [4.69, 9.17) is 4.74 Å². The SMILES string of the molecule is COc1ccc(CN2CCC3(CCC(CC(=O)CCc4ccc(F)cc4)C3)CC2)cc1. The molecule has 1 aliphatic carbocycles. The van der Waals surface area contributed by atoms with Crippen molar-refractivity contribution in [2.75, 3.05) is 20.2 Å². The molecule has 0 amide bonds. The average molecular weight is 424 g/mol. The summed E-state index contributed by atoms with van der Waals surface area (Å²) in [5, 5.41) is 0. The molecule has 2 aromatic rings. The summed E-state index contributed by atoms with van der Waals surface area (Å²) in [7, 11) is 1.70. The van der Waals surface area contributed by atoms with Crippen LogP contribution >= 0.6 is 0 Å². The van der Waals surface area contributed by atoms with E-state index >= 15 is 0 Å². The summed E-state index contributed by atoms with van der Waals surface area (Å²) in [6.45, 7) is 3.31. The Bertz CT molecular complexity index is 854. The van der Waals surface area contributed by atoms with Crippen LogP contribution in [0.15, 0.2) is 48.5 Å². The van der Waals surface area contributed by atoms with Crippen molar-refractivity contribution in [3.63, 3.8) is 0 Å². The molecule has 3 nitrogen and oxygen atoms in total. The van der Waals surface area contributed by atoms with Crippen LogP contribution in [0.5, 0.6) is 5.75 Å². The Balaban J connectivity index is 1.19.